The minimum absolute atomic E-state index is 0.240. The highest BCUT2D eigenvalue weighted by molar-refractivity contribution is 6.32. The van der Waals surface area contributed by atoms with Gasteiger partial charge in [-0.15, -0.1) is 0 Å². The standard InChI is InChI=1S/C18H19ClN2O4/c1-2-24-18(23)21-8-5-14(6-9-21)25-17(22)15-11-13(19)10-12-4-3-7-20-16(12)15/h3-4,7,10-11,14H,2,5-6,8-9H2,1H3. The van der Waals surface area contributed by atoms with E-state index in [4.69, 9.17) is 21.1 Å². The van der Waals surface area contributed by atoms with Crippen LogP contribution in [0.2, 0.25) is 5.02 Å². The molecule has 0 spiro atoms. The lowest BCUT2D eigenvalue weighted by atomic mass is 10.1. The van der Waals surface area contributed by atoms with Gasteiger partial charge in [0.05, 0.1) is 17.7 Å². The molecule has 2 heterocycles. The molecule has 0 bridgehead atoms. The van der Waals surface area contributed by atoms with E-state index in [0.29, 0.717) is 48.6 Å². The Labute approximate surface area is 150 Å². The number of hydrogen-bond acceptors (Lipinski definition) is 5. The number of halogens is 1. The molecular weight excluding hydrogens is 344 g/mol. The van der Waals surface area contributed by atoms with Crippen LogP contribution in [0.5, 0.6) is 0 Å². The third-order valence-electron chi connectivity index (χ3n) is 4.13. The van der Waals surface area contributed by atoms with Crippen molar-refractivity contribution >= 4 is 34.6 Å². The number of amides is 1. The lowest BCUT2D eigenvalue weighted by molar-refractivity contribution is 0.0110. The maximum atomic E-state index is 12.6. The largest absolute Gasteiger partial charge is 0.459 e. The fourth-order valence-electron chi connectivity index (χ4n) is 2.90. The molecule has 3 rings (SSSR count). The van der Waals surface area contributed by atoms with Crippen LogP contribution >= 0.6 is 11.6 Å². The van der Waals surface area contributed by atoms with Gasteiger partial charge in [0.25, 0.3) is 0 Å². The molecule has 0 N–H and O–H groups in total. The molecule has 6 nitrogen and oxygen atoms in total. The van der Waals surface area contributed by atoms with Gasteiger partial charge in [0.15, 0.2) is 0 Å². The Kier molecular flexibility index (Phi) is 5.38. The van der Waals surface area contributed by atoms with E-state index in [9.17, 15) is 9.59 Å². The van der Waals surface area contributed by atoms with E-state index in [0.717, 1.165) is 5.39 Å². The van der Waals surface area contributed by atoms with Gasteiger partial charge < -0.3 is 14.4 Å². The average Bonchev–Trinajstić information content (AvgIpc) is 2.61. The number of esters is 1. The zero-order chi connectivity index (χ0) is 17.8. The fourth-order valence-corrected chi connectivity index (χ4v) is 3.12. The molecule has 1 aliphatic heterocycles. The van der Waals surface area contributed by atoms with Crippen molar-refractivity contribution in [2.75, 3.05) is 19.7 Å². The van der Waals surface area contributed by atoms with Gasteiger partial charge in [0.2, 0.25) is 0 Å². The van der Waals surface area contributed by atoms with Crippen molar-refractivity contribution in [3.05, 3.63) is 41.0 Å². The molecule has 0 unspecified atom stereocenters. The summed E-state index contributed by atoms with van der Waals surface area (Å²) in [5, 5.41) is 1.25. The van der Waals surface area contributed by atoms with E-state index in [-0.39, 0.29) is 12.2 Å². The number of fused-ring (bicyclic) bond motifs is 1. The van der Waals surface area contributed by atoms with Crippen LogP contribution < -0.4 is 0 Å². The van der Waals surface area contributed by atoms with Crippen molar-refractivity contribution in [3.8, 4) is 0 Å². The first-order chi connectivity index (χ1) is 12.1. The average molecular weight is 363 g/mol. The van der Waals surface area contributed by atoms with Gasteiger partial charge in [0.1, 0.15) is 6.10 Å². The Bertz CT molecular complexity index is 788. The minimum atomic E-state index is -0.444. The van der Waals surface area contributed by atoms with Crippen molar-refractivity contribution < 1.29 is 19.1 Å². The number of ether oxygens (including phenoxy) is 2. The Hall–Kier alpha value is -2.34. The van der Waals surface area contributed by atoms with Crippen molar-refractivity contribution in [1.29, 1.82) is 0 Å². The van der Waals surface area contributed by atoms with Crippen LogP contribution in [-0.2, 0) is 9.47 Å². The highest BCUT2D eigenvalue weighted by Gasteiger charge is 2.27. The number of aromatic nitrogens is 1. The normalized spacial score (nSPS) is 15.2. The molecule has 1 aliphatic rings. The van der Waals surface area contributed by atoms with Gasteiger partial charge in [-0.1, -0.05) is 17.7 Å². The van der Waals surface area contributed by atoms with E-state index < -0.39 is 5.97 Å². The zero-order valence-corrected chi connectivity index (χ0v) is 14.7. The second-order valence-electron chi connectivity index (χ2n) is 5.82. The maximum Gasteiger partial charge on any atom is 0.409 e. The first-order valence-electron chi connectivity index (χ1n) is 8.25. The van der Waals surface area contributed by atoms with Crippen molar-refractivity contribution in [1.82, 2.24) is 9.88 Å². The highest BCUT2D eigenvalue weighted by Crippen LogP contribution is 2.24. The summed E-state index contributed by atoms with van der Waals surface area (Å²) in [6, 6.07) is 6.98. The molecule has 1 aromatic heterocycles. The minimum Gasteiger partial charge on any atom is -0.459 e. The summed E-state index contributed by atoms with van der Waals surface area (Å²) in [5.74, 6) is -0.444. The number of likely N-dealkylation sites (tertiary alicyclic amines) is 1. The van der Waals surface area contributed by atoms with Crippen molar-refractivity contribution in [2.45, 2.75) is 25.9 Å². The number of piperidine rings is 1. The van der Waals surface area contributed by atoms with Crippen LogP contribution in [0, 0.1) is 0 Å². The number of pyridine rings is 1. The molecule has 7 heteroatoms. The molecule has 0 aliphatic carbocycles. The Morgan fingerprint density at radius 2 is 2.08 bits per heavy atom. The molecule has 1 aromatic carbocycles. The van der Waals surface area contributed by atoms with E-state index in [1.54, 1.807) is 36.2 Å². The molecule has 1 amide bonds. The Morgan fingerprint density at radius 1 is 1.32 bits per heavy atom. The van der Waals surface area contributed by atoms with Gasteiger partial charge in [-0.25, -0.2) is 9.59 Å². The number of benzene rings is 1. The maximum absolute atomic E-state index is 12.6. The quantitative estimate of drug-likeness (QED) is 0.779. The van der Waals surface area contributed by atoms with Crippen molar-refractivity contribution in [3.63, 3.8) is 0 Å². The fraction of sp³-hybridized carbons (Fsp3) is 0.389. The summed E-state index contributed by atoms with van der Waals surface area (Å²) in [6.07, 6.45) is 2.23. The molecule has 0 radical (unpaired) electrons. The third-order valence-corrected chi connectivity index (χ3v) is 4.35. The summed E-state index contributed by atoms with van der Waals surface area (Å²) in [4.78, 5) is 30.2. The zero-order valence-electron chi connectivity index (χ0n) is 13.9. The molecule has 2 aromatic rings. The Balaban J connectivity index is 1.67. The van der Waals surface area contributed by atoms with E-state index in [1.807, 2.05) is 6.07 Å². The van der Waals surface area contributed by atoms with Gasteiger partial charge in [-0.2, -0.15) is 0 Å². The van der Waals surface area contributed by atoms with Crippen LogP contribution in [0.25, 0.3) is 10.9 Å². The number of nitrogens with zero attached hydrogens (tertiary/aromatic N) is 2. The molecule has 1 fully saturated rings. The second-order valence-corrected chi connectivity index (χ2v) is 6.26. The lowest BCUT2D eigenvalue weighted by Crippen LogP contribution is -2.41. The molecule has 1 saturated heterocycles. The molecule has 0 atom stereocenters. The SMILES string of the molecule is CCOC(=O)N1CCC(OC(=O)c2cc(Cl)cc3cccnc23)CC1. The monoisotopic (exact) mass is 362 g/mol. The number of carbonyl (C=O) groups excluding carboxylic acids is 2. The summed E-state index contributed by atoms with van der Waals surface area (Å²) in [6.45, 7) is 3.13. The number of hydrogen-bond donors (Lipinski definition) is 0. The van der Waals surface area contributed by atoms with Crippen LogP contribution in [-0.4, -0.2) is 47.7 Å². The molecular formula is C18H19ClN2O4. The van der Waals surface area contributed by atoms with Crippen LogP contribution in [0.1, 0.15) is 30.1 Å². The third kappa shape index (κ3) is 4.02. The second kappa shape index (κ2) is 7.70. The summed E-state index contributed by atoms with van der Waals surface area (Å²) >= 11 is 6.10. The first-order valence-corrected chi connectivity index (χ1v) is 8.63. The predicted octanol–water partition coefficient (Wildman–Crippen LogP) is 3.67. The van der Waals surface area contributed by atoms with Gasteiger partial charge in [0, 0.05) is 42.5 Å². The summed E-state index contributed by atoms with van der Waals surface area (Å²) in [7, 11) is 0. The van der Waals surface area contributed by atoms with Gasteiger partial charge in [-0.05, 0) is 25.1 Å². The van der Waals surface area contributed by atoms with Gasteiger partial charge in [-0.3, -0.25) is 4.98 Å². The molecule has 132 valence electrons. The first kappa shape index (κ1) is 17.5. The van der Waals surface area contributed by atoms with E-state index >= 15 is 0 Å². The van der Waals surface area contributed by atoms with Crippen LogP contribution in [0.4, 0.5) is 4.79 Å². The summed E-state index contributed by atoms with van der Waals surface area (Å²) < 4.78 is 10.6. The number of rotatable bonds is 3. The highest BCUT2D eigenvalue weighted by atomic mass is 35.5. The van der Waals surface area contributed by atoms with Crippen LogP contribution in [0.15, 0.2) is 30.5 Å². The lowest BCUT2D eigenvalue weighted by Gasteiger charge is -2.30. The predicted molar refractivity (Wildman–Crippen MR) is 93.8 cm³/mol. The summed E-state index contributed by atoms with van der Waals surface area (Å²) in [5.41, 5.74) is 0.928. The molecule has 0 saturated carbocycles. The Morgan fingerprint density at radius 3 is 2.80 bits per heavy atom. The number of carbonyl (C=O) groups is 2. The van der Waals surface area contributed by atoms with E-state index in [1.165, 1.54) is 0 Å². The molecule has 25 heavy (non-hydrogen) atoms. The van der Waals surface area contributed by atoms with Crippen LogP contribution in [0.3, 0.4) is 0 Å². The smallest absolute Gasteiger partial charge is 0.409 e. The topological polar surface area (TPSA) is 68.7 Å². The van der Waals surface area contributed by atoms with Crippen molar-refractivity contribution in [2.24, 2.45) is 0 Å². The van der Waals surface area contributed by atoms with Gasteiger partial charge >= 0.3 is 12.1 Å². The van der Waals surface area contributed by atoms with E-state index in [2.05, 4.69) is 4.98 Å².